The standard InChI is InChI=1S/C17H20N2O4/c20-12-3-1-11(2-4-12)19-9-10-7-14(17(21)22)16(8-15(10)18-19)23-13-5-6-13/h7-9,11-13,20H,1-6H2,(H,21,22)/t11-,12-. The summed E-state index contributed by atoms with van der Waals surface area (Å²) in [7, 11) is 0. The molecule has 1 heterocycles. The first kappa shape index (κ1) is 14.5. The number of aromatic carboxylic acids is 1. The number of carboxylic acids is 1. The molecule has 23 heavy (non-hydrogen) atoms. The Morgan fingerprint density at radius 3 is 2.57 bits per heavy atom. The van der Waals surface area contributed by atoms with E-state index in [2.05, 4.69) is 5.10 Å². The fourth-order valence-corrected chi connectivity index (χ4v) is 3.21. The van der Waals surface area contributed by atoms with E-state index >= 15 is 0 Å². The van der Waals surface area contributed by atoms with Crippen LogP contribution in [0.25, 0.3) is 10.9 Å². The summed E-state index contributed by atoms with van der Waals surface area (Å²) in [4.78, 5) is 11.5. The summed E-state index contributed by atoms with van der Waals surface area (Å²) in [5.74, 6) is -0.562. The van der Waals surface area contributed by atoms with E-state index in [1.807, 2.05) is 10.9 Å². The Morgan fingerprint density at radius 2 is 1.91 bits per heavy atom. The van der Waals surface area contributed by atoms with Gasteiger partial charge >= 0.3 is 5.97 Å². The highest BCUT2D eigenvalue weighted by Gasteiger charge is 2.27. The number of carboxylic acid groups (broad SMARTS) is 1. The lowest BCUT2D eigenvalue weighted by molar-refractivity contribution is 0.0692. The molecule has 6 heteroatoms. The van der Waals surface area contributed by atoms with E-state index < -0.39 is 5.97 Å². The number of hydrogen-bond acceptors (Lipinski definition) is 4. The lowest BCUT2D eigenvalue weighted by Crippen LogP contribution is -2.21. The molecule has 2 aromatic rings. The summed E-state index contributed by atoms with van der Waals surface area (Å²) in [6, 6.07) is 3.66. The molecule has 0 atom stereocenters. The maximum Gasteiger partial charge on any atom is 0.339 e. The van der Waals surface area contributed by atoms with Crippen LogP contribution in [0.1, 0.15) is 54.9 Å². The van der Waals surface area contributed by atoms with Crippen LogP contribution in [0.5, 0.6) is 5.75 Å². The van der Waals surface area contributed by atoms with Gasteiger partial charge in [-0.3, -0.25) is 4.68 Å². The number of benzene rings is 1. The Morgan fingerprint density at radius 1 is 1.17 bits per heavy atom. The fourth-order valence-electron chi connectivity index (χ4n) is 3.21. The maximum atomic E-state index is 11.5. The zero-order valence-corrected chi connectivity index (χ0v) is 12.8. The van der Waals surface area contributed by atoms with Gasteiger partial charge in [-0.1, -0.05) is 0 Å². The van der Waals surface area contributed by atoms with Gasteiger partial charge in [0.05, 0.1) is 23.8 Å². The Balaban J connectivity index is 1.68. The Kier molecular flexibility index (Phi) is 3.49. The molecule has 0 unspecified atom stereocenters. The van der Waals surface area contributed by atoms with E-state index in [4.69, 9.17) is 4.74 Å². The van der Waals surface area contributed by atoms with Crippen molar-refractivity contribution in [2.24, 2.45) is 0 Å². The van der Waals surface area contributed by atoms with Crippen LogP contribution in [0, 0.1) is 0 Å². The Labute approximate surface area is 133 Å². The second-order valence-corrected chi connectivity index (χ2v) is 6.60. The highest BCUT2D eigenvalue weighted by Crippen LogP contribution is 2.34. The van der Waals surface area contributed by atoms with Crippen molar-refractivity contribution in [3.8, 4) is 5.75 Å². The van der Waals surface area contributed by atoms with Crippen molar-refractivity contribution >= 4 is 16.9 Å². The van der Waals surface area contributed by atoms with Crippen LogP contribution in [-0.2, 0) is 0 Å². The molecule has 2 aliphatic carbocycles. The molecule has 1 aromatic heterocycles. The van der Waals surface area contributed by atoms with E-state index in [-0.39, 0.29) is 23.8 Å². The minimum atomic E-state index is -0.976. The number of nitrogens with zero attached hydrogens (tertiary/aromatic N) is 2. The smallest absolute Gasteiger partial charge is 0.339 e. The number of aliphatic hydroxyl groups excluding tert-OH is 1. The molecule has 0 bridgehead atoms. The minimum absolute atomic E-state index is 0.146. The van der Waals surface area contributed by atoms with Crippen LogP contribution in [0.15, 0.2) is 18.3 Å². The quantitative estimate of drug-likeness (QED) is 0.906. The third kappa shape index (κ3) is 2.91. The number of rotatable bonds is 4. The lowest BCUT2D eigenvalue weighted by Gasteiger charge is -2.25. The van der Waals surface area contributed by atoms with Crippen molar-refractivity contribution in [1.29, 1.82) is 0 Å². The van der Waals surface area contributed by atoms with Crippen molar-refractivity contribution < 1.29 is 19.7 Å². The van der Waals surface area contributed by atoms with Gasteiger partial charge in [0.25, 0.3) is 0 Å². The second kappa shape index (κ2) is 5.53. The second-order valence-electron chi connectivity index (χ2n) is 6.60. The molecule has 2 N–H and O–H groups in total. The summed E-state index contributed by atoms with van der Waals surface area (Å²) < 4.78 is 7.65. The average Bonchev–Trinajstić information content (AvgIpc) is 3.24. The van der Waals surface area contributed by atoms with Gasteiger partial charge in [0, 0.05) is 17.6 Å². The number of ether oxygens (including phenoxy) is 1. The molecule has 4 rings (SSSR count). The molecule has 0 radical (unpaired) electrons. The number of aromatic nitrogens is 2. The summed E-state index contributed by atoms with van der Waals surface area (Å²) in [6.07, 6.45) is 7.19. The van der Waals surface area contributed by atoms with E-state index in [9.17, 15) is 15.0 Å². The van der Waals surface area contributed by atoms with Crippen LogP contribution in [0.3, 0.4) is 0 Å². The number of carbonyl (C=O) groups is 1. The van der Waals surface area contributed by atoms with Gasteiger partial charge in [0.2, 0.25) is 0 Å². The molecule has 0 aliphatic heterocycles. The highest BCUT2D eigenvalue weighted by molar-refractivity contribution is 5.96. The third-order valence-electron chi connectivity index (χ3n) is 4.71. The van der Waals surface area contributed by atoms with Crippen molar-refractivity contribution in [3.05, 3.63) is 23.9 Å². The molecule has 2 fully saturated rings. The summed E-state index contributed by atoms with van der Waals surface area (Å²) in [5.41, 5.74) is 0.958. The first-order chi connectivity index (χ1) is 11.1. The first-order valence-electron chi connectivity index (χ1n) is 8.21. The number of hydrogen-bond donors (Lipinski definition) is 2. The topological polar surface area (TPSA) is 84.6 Å². The molecule has 0 amide bonds. The van der Waals surface area contributed by atoms with E-state index in [0.717, 1.165) is 49.4 Å². The number of fused-ring (bicyclic) bond motifs is 1. The minimum Gasteiger partial charge on any atom is -0.489 e. The van der Waals surface area contributed by atoms with E-state index in [1.54, 1.807) is 12.1 Å². The Hall–Kier alpha value is -2.08. The molecule has 6 nitrogen and oxygen atoms in total. The van der Waals surface area contributed by atoms with Crippen LogP contribution >= 0.6 is 0 Å². The van der Waals surface area contributed by atoms with Gasteiger partial charge < -0.3 is 14.9 Å². The van der Waals surface area contributed by atoms with Crippen LogP contribution in [-0.4, -0.2) is 38.2 Å². The van der Waals surface area contributed by atoms with Crippen LogP contribution in [0.2, 0.25) is 0 Å². The van der Waals surface area contributed by atoms with Crippen molar-refractivity contribution in [3.63, 3.8) is 0 Å². The normalized spacial score (nSPS) is 24.7. The molecule has 122 valence electrons. The van der Waals surface area contributed by atoms with Gasteiger partial charge in [0.1, 0.15) is 11.3 Å². The van der Waals surface area contributed by atoms with Crippen LogP contribution in [0.4, 0.5) is 0 Å². The molecule has 0 saturated heterocycles. The molecular weight excluding hydrogens is 296 g/mol. The van der Waals surface area contributed by atoms with Gasteiger partial charge in [0.15, 0.2) is 0 Å². The predicted octanol–water partition coefficient (Wildman–Crippen LogP) is 2.75. The zero-order valence-electron chi connectivity index (χ0n) is 12.8. The van der Waals surface area contributed by atoms with E-state index in [1.165, 1.54) is 0 Å². The summed E-state index contributed by atoms with van der Waals surface area (Å²) in [5, 5.41) is 24.5. The van der Waals surface area contributed by atoms with Crippen molar-refractivity contribution in [2.75, 3.05) is 0 Å². The largest absolute Gasteiger partial charge is 0.489 e. The monoisotopic (exact) mass is 316 g/mol. The maximum absolute atomic E-state index is 11.5. The summed E-state index contributed by atoms with van der Waals surface area (Å²) >= 11 is 0. The zero-order chi connectivity index (χ0) is 16.0. The molecule has 0 spiro atoms. The van der Waals surface area contributed by atoms with Gasteiger partial charge in [-0.15, -0.1) is 0 Å². The van der Waals surface area contributed by atoms with Gasteiger partial charge in [-0.2, -0.15) is 5.10 Å². The highest BCUT2D eigenvalue weighted by atomic mass is 16.5. The van der Waals surface area contributed by atoms with Crippen molar-refractivity contribution in [2.45, 2.75) is 56.8 Å². The van der Waals surface area contributed by atoms with E-state index in [0.29, 0.717) is 5.75 Å². The molecule has 2 aliphatic rings. The average molecular weight is 316 g/mol. The molecular formula is C17H20N2O4. The van der Waals surface area contributed by atoms with Gasteiger partial charge in [-0.25, -0.2) is 4.79 Å². The third-order valence-corrected chi connectivity index (χ3v) is 4.71. The predicted molar refractivity (Wildman–Crippen MR) is 83.9 cm³/mol. The van der Waals surface area contributed by atoms with Crippen molar-refractivity contribution in [1.82, 2.24) is 9.78 Å². The van der Waals surface area contributed by atoms with Crippen LogP contribution < -0.4 is 4.74 Å². The fraction of sp³-hybridized carbons (Fsp3) is 0.529. The summed E-state index contributed by atoms with van der Waals surface area (Å²) in [6.45, 7) is 0. The Bertz CT molecular complexity index is 742. The number of aliphatic hydroxyl groups is 1. The van der Waals surface area contributed by atoms with Gasteiger partial charge in [-0.05, 0) is 44.6 Å². The first-order valence-corrected chi connectivity index (χ1v) is 8.21. The molecule has 2 saturated carbocycles. The SMILES string of the molecule is O=C(O)c1cc2cn([C@H]3CC[C@H](O)CC3)nc2cc1OC1CC1. The lowest BCUT2D eigenvalue weighted by atomic mass is 9.93. The molecule has 1 aromatic carbocycles.